The smallest absolute Gasteiger partial charge is 0.264 e. The Morgan fingerprint density at radius 3 is 2.71 bits per heavy atom. The molecule has 1 saturated heterocycles. The van der Waals surface area contributed by atoms with Crippen LogP contribution in [0.15, 0.2) is 65.8 Å². The average molecular weight is 472 g/mol. The summed E-state index contributed by atoms with van der Waals surface area (Å²) in [5.74, 6) is 0.801. The molecule has 2 aromatic heterocycles. The second-order valence-electron chi connectivity index (χ2n) is 9.24. The molecule has 9 nitrogen and oxygen atoms in total. The summed E-state index contributed by atoms with van der Waals surface area (Å²) in [6.07, 6.45) is 4.55. The Hall–Kier alpha value is -3.98. The number of fused-ring (bicyclic) bond motifs is 2. The highest BCUT2D eigenvalue weighted by Gasteiger charge is 2.35. The van der Waals surface area contributed by atoms with Crippen LogP contribution in [0.3, 0.4) is 0 Å². The topological polar surface area (TPSA) is 102 Å². The van der Waals surface area contributed by atoms with Gasteiger partial charge in [-0.15, -0.1) is 0 Å². The number of para-hydroxylation sites is 1. The molecule has 0 radical (unpaired) electrons. The number of likely N-dealkylation sites (tertiary alicyclic amines) is 1. The van der Waals surface area contributed by atoms with Gasteiger partial charge in [0.05, 0.1) is 30.6 Å². The van der Waals surface area contributed by atoms with E-state index in [2.05, 4.69) is 10.1 Å². The number of benzene rings is 2. The van der Waals surface area contributed by atoms with E-state index in [9.17, 15) is 14.7 Å². The number of aliphatic hydroxyl groups is 1. The molecule has 9 heteroatoms. The third kappa shape index (κ3) is 3.87. The first-order valence-electron chi connectivity index (χ1n) is 11.8. The minimum absolute atomic E-state index is 0.0460. The molecular weight excluding hydrogens is 446 g/mol. The zero-order valence-electron chi connectivity index (χ0n) is 19.1. The monoisotopic (exact) mass is 471 g/mol. The molecule has 2 aliphatic heterocycles. The van der Waals surface area contributed by atoms with Gasteiger partial charge in [0.25, 0.3) is 11.5 Å². The summed E-state index contributed by atoms with van der Waals surface area (Å²) < 4.78 is 8.60. The lowest BCUT2D eigenvalue weighted by Crippen LogP contribution is -2.49. The molecule has 1 fully saturated rings. The van der Waals surface area contributed by atoms with Crippen molar-refractivity contribution in [2.75, 3.05) is 19.7 Å². The highest BCUT2D eigenvalue weighted by atomic mass is 16.5. The van der Waals surface area contributed by atoms with Crippen molar-refractivity contribution in [2.45, 2.75) is 31.4 Å². The van der Waals surface area contributed by atoms with Crippen molar-refractivity contribution >= 4 is 16.9 Å². The molecule has 0 spiro atoms. The SMILES string of the molecule is O=C(c1ccc2c(c1)CCO2)N1CCC(O)(Cn2cnc3c(cnn3-c3ccccc3)c2=O)CC1. The zero-order chi connectivity index (χ0) is 24.0. The van der Waals surface area contributed by atoms with Gasteiger partial charge >= 0.3 is 0 Å². The van der Waals surface area contributed by atoms with Crippen LogP contribution in [0.25, 0.3) is 16.7 Å². The molecule has 2 aliphatic rings. The molecular formula is C26H25N5O4. The molecule has 0 bridgehead atoms. The van der Waals surface area contributed by atoms with Gasteiger partial charge in [-0.1, -0.05) is 18.2 Å². The normalized spacial score (nSPS) is 16.8. The number of nitrogens with zero attached hydrogens (tertiary/aromatic N) is 5. The summed E-state index contributed by atoms with van der Waals surface area (Å²) >= 11 is 0. The third-order valence-corrected chi connectivity index (χ3v) is 6.94. The summed E-state index contributed by atoms with van der Waals surface area (Å²) in [6.45, 7) is 1.60. The second kappa shape index (κ2) is 8.35. The van der Waals surface area contributed by atoms with Crippen molar-refractivity contribution < 1.29 is 14.6 Å². The predicted molar refractivity (Wildman–Crippen MR) is 129 cm³/mol. The van der Waals surface area contributed by atoms with Gasteiger partial charge < -0.3 is 14.7 Å². The molecule has 4 heterocycles. The molecule has 35 heavy (non-hydrogen) atoms. The lowest BCUT2D eigenvalue weighted by molar-refractivity contribution is -0.0299. The van der Waals surface area contributed by atoms with E-state index in [1.807, 2.05) is 42.5 Å². The van der Waals surface area contributed by atoms with Crippen LogP contribution in [0.5, 0.6) is 5.75 Å². The minimum Gasteiger partial charge on any atom is -0.493 e. The first-order valence-corrected chi connectivity index (χ1v) is 11.8. The van der Waals surface area contributed by atoms with Crippen LogP contribution in [0, 0.1) is 0 Å². The fourth-order valence-electron chi connectivity index (χ4n) is 4.92. The van der Waals surface area contributed by atoms with Gasteiger partial charge in [0.2, 0.25) is 0 Å². The van der Waals surface area contributed by atoms with Gasteiger partial charge in [0, 0.05) is 25.1 Å². The molecule has 178 valence electrons. The van der Waals surface area contributed by atoms with Gasteiger partial charge in [0.15, 0.2) is 5.65 Å². The number of ether oxygens (including phenoxy) is 1. The van der Waals surface area contributed by atoms with Gasteiger partial charge in [-0.3, -0.25) is 14.2 Å². The number of hydrogen-bond donors (Lipinski definition) is 1. The maximum absolute atomic E-state index is 13.1. The van der Waals surface area contributed by atoms with E-state index in [1.165, 1.54) is 17.1 Å². The molecule has 2 aromatic carbocycles. The Labute approximate surface area is 201 Å². The summed E-state index contributed by atoms with van der Waals surface area (Å²) in [6, 6.07) is 15.1. The Bertz CT molecular complexity index is 1470. The summed E-state index contributed by atoms with van der Waals surface area (Å²) in [5, 5.41) is 16.0. The van der Waals surface area contributed by atoms with Crippen LogP contribution in [-0.4, -0.2) is 60.5 Å². The van der Waals surface area contributed by atoms with Crippen molar-refractivity contribution in [3.05, 3.63) is 82.5 Å². The van der Waals surface area contributed by atoms with E-state index in [0.717, 1.165) is 23.4 Å². The molecule has 6 rings (SSSR count). The Balaban J connectivity index is 1.17. The van der Waals surface area contributed by atoms with Crippen LogP contribution >= 0.6 is 0 Å². The van der Waals surface area contributed by atoms with Crippen LogP contribution in [0.4, 0.5) is 0 Å². The average Bonchev–Trinajstić information content (AvgIpc) is 3.53. The van der Waals surface area contributed by atoms with Crippen LogP contribution < -0.4 is 10.3 Å². The Kier molecular flexibility index (Phi) is 5.14. The molecule has 0 aliphatic carbocycles. The lowest BCUT2D eigenvalue weighted by Gasteiger charge is -2.38. The molecule has 0 atom stereocenters. The third-order valence-electron chi connectivity index (χ3n) is 6.94. The summed E-state index contributed by atoms with van der Waals surface area (Å²) in [4.78, 5) is 32.4. The van der Waals surface area contributed by atoms with Gasteiger partial charge in [0.1, 0.15) is 17.5 Å². The van der Waals surface area contributed by atoms with Crippen molar-refractivity contribution in [3.63, 3.8) is 0 Å². The van der Waals surface area contributed by atoms with Crippen molar-refractivity contribution in [3.8, 4) is 11.4 Å². The number of amides is 1. The minimum atomic E-state index is -1.10. The van der Waals surface area contributed by atoms with Crippen molar-refractivity contribution in [1.82, 2.24) is 24.2 Å². The molecule has 1 amide bonds. The first-order chi connectivity index (χ1) is 17.0. The van der Waals surface area contributed by atoms with Crippen LogP contribution in [0.2, 0.25) is 0 Å². The fraction of sp³-hybridized carbons (Fsp3) is 0.308. The maximum Gasteiger partial charge on any atom is 0.264 e. The highest BCUT2D eigenvalue weighted by Crippen LogP contribution is 2.28. The second-order valence-corrected chi connectivity index (χ2v) is 9.24. The van der Waals surface area contributed by atoms with Gasteiger partial charge in [-0.2, -0.15) is 5.10 Å². The van der Waals surface area contributed by atoms with Gasteiger partial charge in [-0.25, -0.2) is 9.67 Å². The van der Waals surface area contributed by atoms with E-state index < -0.39 is 5.60 Å². The quantitative estimate of drug-likeness (QED) is 0.490. The van der Waals surface area contributed by atoms with Crippen LogP contribution in [-0.2, 0) is 13.0 Å². The number of aromatic nitrogens is 4. The number of piperidine rings is 1. The standard InChI is InChI=1S/C26H25N5O4/c32-24(19-6-7-22-18(14-19)8-13-35-22)29-11-9-26(34,10-12-29)16-30-17-27-23-21(25(30)33)15-28-31(23)20-4-2-1-3-5-20/h1-7,14-15,17,34H,8-13,16H2. The fourth-order valence-corrected chi connectivity index (χ4v) is 4.92. The molecule has 0 unspecified atom stereocenters. The first kappa shape index (κ1) is 21.5. The van der Waals surface area contributed by atoms with E-state index in [0.29, 0.717) is 49.1 Å². The van der Waals surface area contributed by atoms with E-state index >= 15 is 0 Å². The van der Waals surface area contributed by atoms with E-state index in [4.69, 9.17) is 4.74 Å². The Morgan fingerprint density at radius 2 is 1.91 bits per heavy atom. The lowest BCUT2D eigenvalue weighted by atomic mass is 9.90. The Morgan fingerprint density at radius 1 is 1.11 bits per heavy atom. The number of carbonyl (C=O) groups excluding carboxylic acids is 1. The molecule has 0 saturated carbocycles. The van der Waals surface area contributed by atoms with Crippen LogP contribution in [0.1, 0.15) is 28.8 Å². The zero-order valence-corrected chi connectivity index (χ0v) is 19.1. The number of rotatable bonds is 4. The van der Waals surface area contributed by atoms with Gasteiger partial charge in [-0.05, 0) is 48.7 Å². The number of carbonyl (C=O) groups is 1. The van der Waals surface area contributed by atoms with E-state index in [1.54, 1.807) is 15.6 Å². The summed E-state index contributed by atoms with van der Waals surface area (Å²) in [5.41, 5.74) is 1.65. The van der Waals surface area contributed by atoms with Crippen molar-refractivity contribution in [2.24, 2.45) is 0 Å². The van der Waals surface area contributed by atoms with Crippen molar-refractivity contribution in [1.29, 1.82) is 0 Å². The summed E-state index contributed by atoms with van der Waals surface area (Å²) in [7, 11) is 0. The maximum atomic E-state index is 13.1. The largest absolute Gasteiger partial charge is 0.493 e. The molecule has 1 N–H and O–H groups in total. The molecule has 4 aromatic rings. The van der Waals surface area contributed by atoms with E-state index in [-0.39, 0.29) is 18.0 Å². The highest BCUT2D eigenvalue weighted by molar-refractivity contribution is 5.94. The predicted octanol–water partition coefficient (Wildman–Crippen LogP) is 2.18. The number of hydrogen-bond acceptors (Lipinski definition) is 6.